The van der Waals surface area contributed by atoms with Crippen molar-refractivity contribution in [3.63, 3.8) is 0 Å². The number of benzene rings is 1. The standard InChI is InChI=1S/C12H13N3O2/c1-2-17-9-5-3-4-8(6-9)11-7-10(13)12(16)15-14-11/h3-7H,2H2,1H3,(H2,13,14)(H,15,16). The van der Waals surface area contributed by atoms with E-state index in [0.29, 0.717) is 12.3 Å². The van der Waals surface area contributed by atoms with Crippen molar-refractivity contribution in [1.29, 1.82) is 0 Å². The van der Waals surface area contributed by atoms with E-state index in [1.807, 2.05) is 31.2 Å². The molecular formula is C12H13N3O2. The molecule has 1 aromatic carbocycles. The maximum absolute atomic E-state index is 11.1. The van der Waals surface area contributed by atoms with Gasteiger partial charge in [-0.3, -0.25) is 4.79 Å². The fraction of sp³-hybridized carbons (Fsp3) is 0.167. The van der Waals surface area contributed by atoms with E-state index in [0.717, 1.165) is 11.3 Å². The predicted octanol–water partition coefficient (Wildman–Crippen LogP) is 1.42. The number of aromatic amines is 1. The van der Waals surface area contributed by atoms with Crippen LogP contribution in [0, 0.1) is 0 Å². The molecule has 0 radical (unpaired) electrons. The van der Waals surface area contributed by atoms with Gasteiger partial charge in [-0.1, -0.05) is 12.1 Å². The first-order valence-electron chi connectivity index (χ1n) is 5.29. The highest BCUT2D eigenvalue weighted by atomic mass is 16.5. The Morgan fingerprint density at radius 1 is 1.41 bits per heavy atom. The van der Waals surface area contributed by atoms with Crippen molar-refractivity contribution in [1.82, 2.24) is 10.2 Å². The number of ether oxygens (including phenoxy) is 1. The van der Waals surface area contributed by atoms with Crippen molar-refractivity contribution >= 4 is 5.69 Å². The molecule has 0 saturated heterocycles. The molecule has 2 rings (SSSR count). The fourth-order valence-electron chi connectivity index (χ4n) is 1.48. The third kappa shape index (κ3) is 2.44. The van der Waals surface area contributed by atoms with Crippen LogP contribution in [0.5, 0.6) is 5.75 Å². The van der Waals surface area contributed by atoms with Crippen molar-refractivity contribution < 1.29 is 4.74 Å². The van der Waals surface area contributed by atoms with Gasteiger partial charge in [-0.2, -0.15) is 5.10 Å². The Bertz CT molecular complexity index is 578. The zero-order valence-corrected chi connectivity index (χ0v) is 9.43. The third-order valence-electron chi connectivity index (χ3n) is 2.27. The fourth-order valence-corrected chi connectivity index (χ4v) is 1.48. The largest absolute Gasteiger partial charge is 0.494 e. The van der Waals surface area contributed by atoms with E-state index in [9.17, 15) is 4.79 Å². The third-order valence-corrected chi connectivity index (χ3v) is 2.27. The number of nitrogen functional groups attached to an aromatic ring is 1. The van der Waals surface area contributed by atoms with Crippen LogP contribution >= 0.6 is 0 Å². The lowest BCUT2D eigenvalue weighted by Crippen LogP contribution is -2.13. The van der Waals surface area contributed by atoms with Crippen LogP contribution in [-0.4, -0.2) is 16.8 Å². The number of aromatic nitrogens is 2. The highest BCUT2D eigenvalue weighted by Gasteiger charge is 2.03. The molecule has 0 spiro atoms. The second-order valence-electron chi connectivity index (χ2n) is 3.50. The summed E-state index contributed by atoms with van der Waals surface area (Å²) in [5, 5.41) is 6.28. The average Bonchev–Trinajstić information content (AvgIpc) is 2.33. The zero-order chi connectivity index (χ0) is 12.3. The van der Waals surface area contributed by atoms with Gasteiger partial charge in [0.2, 0.25) is 0 Å². The second-order valence-corrected chi connectivity index (χ2v) is 3.50. The van der Waals surface area contributed by atoms with Gasteiger partial charge in [0.1, 0.15) is 11.4 Å². The maximum atomic E-state index is 11.1. The Morgan fingerprint density at radius 2 is 2.24 bits per heavy atom. The van der Waals surface area contributed by atoms with E-state index in [-0.39, 0.29) is 11.2 Å². The average molecular weight is 231 g/mol. The first-order valence-corrected chi connectivity index (χ1v) is 5.29. The molecule has 2 aromatic rings. The molecule has 0 unspecified atom stereocenters. The molecule has 0 aliphatic heterocycles. The van der Waals surface area contributed by atoms with E-state index in [4.69, 9.17) is 10.5 Å². The van der Waals surface area contributed by atoms with Crippen molar-refractivity contribution in [2.45, 2.75) is 6.92 Å². The first-order chi connectivity index (χ1) is 8.20. The van der Waals surface area contributed by atoms with Crippen LogP contribution in [0.4, 0.5) is 5.69 Å². The van der Waals surface area contributed by atoms with Gasteiger partial charge in [-0.25, -0.2) is 5.10 Å². The van der Waals surface area contributed by atoms with Crippen molar-refractivity contribution in [3.05, 3.63) is 40.7 Å². The summed E-state index contributed by atoms with van der Waals surface area (Å²) >= 11 is 0. The molecule has 5 heteroatoms. The van der Waals surface area contributed by atoms with Crippen LogP contribution in [0.25, 0.3) is 11.3 Å². The molecule has 0 saturated carbocycles. The summed E-state index contributed by atoms with van der Waals surface area (Å²) in [6, 6.07) is 9.00. The molecule has 0 aliphatic carbocycles. The second kappa shape index (κ2) is 4.69. The number of anilines is 1. The molecule has 17 heavy (non-hydrogen) atoms. The number of nitrogens with one attached hydrogen (secondary N) is 1. The minimum Gasteiger partial charge on any atom is -0.494 e. The lowest BCUT2D eigenvalue weighted by Gasteiger charge is -2.05. The van der Waals surface area contributed by atoms with Gasteiger partial charge in [0.15, 0.2) is 0 Å². The molecule has 5 nitrogen and oxygen atoms in total. The molecule has 0 aliphatic rings. The Balaban J connectivity index is 2.41. The van der Waals surface area contributed by atoms with Crippen LogP contribution in [0.2, 0.25) is 0 Å². The lowest BCUT2D eigenvalue weighted by atomic mass is 10.1. The highest BCUT2D eigenvalue weighted by Crippen LogP contribution is 2.22. The molecule has 88 valence electrons. The van der Waals surface area contributed by atoms with Gasteiger partial charge in [0.05, 0.1) is 12.3 Å². The first kappa shape index (κ1) is 11.2. The monoisotopic (exact) mass is 231 g/mol. The quantitative estimate of drug-likeness (QED) is 0.837. The van der Waals surface area contributed by atoms with Gasteiger partial charge in [0.25, 0.3) is 5.56 Å². The summed E-state index contributed by atoms with van der Waals surface area (Å²) in [7, 11) is 0. The number of hydrogen-bond donors (Lipinski definition) is 2. The summed E-state index contributed by atoms with van der Waals surface area (Å²) in [5.41, 5.74) is 6.77. The van der Waals surface area contributed by atoms with Crippen LogP contribution in [0.15, 0.2) is 35.1 Å². The SMILES string of the molecule is CCOc1cccc(-c2cc(N)c(=O)[nH]n2)c1. The van der Waals surface area contributed by atoms with Crippen LogP contribution in [0.1, 0.15) is 6.92 Å². The van der Waals surface area contributed by atoms with Crippen LogP contribution in [-0.2, 0) is 0 Å². The van der Waals surface area contributed by atoms with Crippen molar-refractivity contribution in [2.24, 2.45) is 0 Å². The van der Waals surface area contributed by atoms with Crippen LogP contribution < -0.4 is 16.0 Å². The Kier molecular flexibility index (Phi) is 3.09. The topological polar surface area (TPSA) is 81.0 Å². The number of H-pyrrole nitrogens is 1. The van der Waals surface area contributed by atoms with Crippen LogP contribution in [0.3, 0.4) is 0 Å². The van der Waals surface area contributed by atoms with Gasteiger partial charge in [0, 0.05) is 5.56 Å². The van der Waals surface area contributed by atoms with E-state index >= 15 is 0 Å². The highest BCUT2D eigenvalue weighted by molar-refractivity contribution is 5.63. The summed E-state index contributed by atoms with van der Waals surface area (Å²) in [5.74, 6) is 0.761. The Morgan fingerprint density at radius 3 is 2.94 bits per heavy atom. The van der Waals surface area contributed by atoms with Gasteiger partial charge in [-0.15, -0.1) is 0 Å². The number of nitrogens with zero attached hydrogens (tertiary/aromatic N) is 1. The molecule has 0 atom stereocenters. The smallest absolute Gasteiger partial charge is 0.287 e. The Hall–Kier alpha value is -2.30. The molecule has 0 amide bonds. The molecular weight excluding hydrogens is 218 g/mol. The maximum Gasteiger partial charge on any atom is 0.287 e. The van der Waals surface area contributed by atoms with Gasteiger partial charge >= 0.3 is 0 Å². The van der Waals surface area contributed by atoms with E-state index < -0.39 is 0 Å². The van der Waals surface area contributed by atoms with Gasteiger partial charge < -0.3 is 10.5 Å². The van der Waals surface area contributed by atoms with Gasteiger partial charge in [-0.05, 0) is 25.1 Å². The summed E-state index contributed by atoms with van der Waals surface area (Å²) < 4.78 is 5.39. The summed E-state index contributed by atoms with van der Waals surface area (Å²) in [6.07, 6.45) is 0. The predicted molar refractivity (Wildman–Crippen MR) is 65.9 cm³/mol. The number of rotatable bonds is 3. The van der Waals surface area contributed by atoms with E-state index in [2.05, 4.69) is 10.2 Å². The molecule has 0 bridgehead atoms. The summed E-state index contributed by atoms with van der Waals surface area (Å²) in [6.45, 7) is 2.52. The Labute approximate surface area is 98.2 Å². The van der Waals surface area contributed by atoms with E-state index in [1.165, 1.54) is 0 Å². The normalized spacial score (nSPS) is 10.2. The minimum atomic E-state index is -0.380. The van der Waals surface area contributed by atoms with Crippen molar-refractivity contribution in [3.8, 4) is 17.0 Å². The minimum absolute atomic E-state index is 0.150. The molecule has 3 N–H and O–H groups in total. The molecule has 1 aromatic heterocycles. The molecule has 0 fully saturated rings. The lowest BCUT2D eigenvalue weighted by molar-refractivity contribution is 0.340. The summed E-state index contributed by atoms with van der Waals surface area (Å²) in [4.78, 5) is 11.1. The van der Waals surface area contributed by atoms with Crippen molar-refractivity contribution in [2.75, 3.05) is 12.3 Å². The number of nitrogens with two attached hydrogens (primary N) is 1. The zero-order valence-electron chi connectivity index (χ0n) is 9.43. The number of hydrogen-bond acceptors (Lipinski definition) is 4. The molecule has 1 heterocycles. The van der Waals surface area contributed by atoms with E-state index in [1.54, 1.807) is 6.07 Å².